The molecule has 4 rings (SSSR count). The number of phenolic OH excluding ortho intramolecular Hbond substituents is 1. The lowest BCUT2D eigenvalue weighted by atomic mass is 10.0. The van der Waals surface area contributed by atoms with Crippen LogP contribution in [0, 0.1) is 0 Å². The molecule has 3 heterocycles. The van der Waals surface area contributed by atoms with Gasteiger partial charge < -0.3 is 27.1 Å². The molecular weight excluding hydrogens is 460 g/mol. The number of benzene rings is 1. The van der Waals surface area contributed by atoms with Gasteiger partial charge in [0.2, 0.25) is 11.1 Å². The Morgan fingerprint density at radius 3 is 2.69 bits per heavy atom. The molecule has 15 heteroatoms. The van der Waals surface area contributed by atoms with E-state index < -0.39 is 35.2 Å². The third-order valence-electron chi connectivity index (χ3n) is 4.92. The molecule has 32 heavy (non-hydrogen) atoms. The highest BCUT2D eigenvalue weighted by atomic mass is 32.2. The first-order valence-corrected chi connectivity index (χ1v) is 11.2. The van der Waals surface area contributed by atoms with Crippen molar-refractivity contribution in [3.8, 4) is 5.75 Å². The lowest BCUT2D eigenvalue weighted by Gasteiger charge is -2.49. The predicted molar refractivity (Wildman–Crippen MR) is 113 cm³/mol. The number of fused-ring (bicyclic) bond motifs is 1. The number of carbonyl (C=O) groups excluding carboxylic acids is 2. The van der Waals surface area contributed by atoms with Crippen molar-refractivity contribution in [2.75, 3.05) is 17.3 Å². The van der Waals surface area contributed by atoms with Crippen LogP contribution in [0.25, 0.3) is 0 Å². The summed E-state index contributed by atoms with van der Waals surface area (Å²) in [7, 11) is 0. The smallest absolute Gasteiger partial charge is 0.352 e. The number of phenols is 1. The van der Waals surface area contributed by atoms with Crippen molar-refractivity contribution in [3.63, 3.8) is 0 Å². The fourth-order valence-corrected chi connectivity index (χ4v) is 5.58. The molecule has 2 aromatic rings. The third-order valence-corrected chi connectivity index (χ3v) is 7.28. The number of hydrogen-bond donors (Lipinski definition) is 5. The molecule has 2 amide bonds. The normalized spacial score (nSPS) is 21.0. The Morgan fingerprint density at radius 2 is 2.06 bits per heavy atom. The fraction of sp³-hybridized carbons (Fsp3) is 0.294. The molecule has 168 valence electrons. The van der Waals surface area contributed by atoms with E-state index in [9.17, 15) is 24.6 Å². The van der Waals surface area contributed by atoms with Crippen molar-refractivity contribution in [1.29, 1.82) is 0 Å². The number of nitrogens with zero attached hydrogens (tertiary/aromatic N) is 5. The van der Waals surface area contributed by atoms with Gasteiger partial charge >= 0.3 is 5.97 Å². The van der Waals surface area contributed by atoms with Gasteiger partial charge in [-0.25, -0.2) is 4.79 Å². The number of nitrogens with two attached hydrogens (primary N) is 2. The standard InChI is InChI=1S/C17H18N8O5S2/c18-10(7-1-3-9(26)4-2-7)13(27)20-11-14(28)24-12(16(29)30)8(5-31-15(11)24)6-32-17-21-22-23-25(17)19/h1-4,10-11,15,26H,5-6,18-19H2,(H,20,27)(H,29,30)/t10?,11-,15+/m1/s1. The van der Waals surface area contributed by atoms with Crippen LogP contribution in [-0.2, 0) is 14.4 Å². The maximum absolute atomic E-state index is 12.7. The topological polar surface area (TPSA) is 203 Å². The van der Waals surface area contributed by atoms with Crippen molar-refractivity contribution in [2.45, 2.75) is 22.6 Å². The second-order valence-electron chi connectivity index (χ2n) is 6.92. The SMILES string of the molecule is NC(C(=O)N[C@@H]1C(=O)N2C(C(=O)O)=C(CSc3nnnn3N)CS[C@@H]12)c1ccc(O)cc1. The number of rotatable bonds is 7. The molecule has 1 unspecified atom stereocenters. The summed E-state index contributed by atoms with van der Waals surface area (Å²) in [5.74, 6) is 3.82. The molecule has 0 saturated carbocycles. The van der Waals surface area contributed by atoms with Crippen molar-refractivity contribution in [2.24, 2.45) is 5.73 Å². The molecule has 7 N–H and O–H groups in total. The minimum absolute atomic E-state index is 0.0368. The number of aromatic hydroxyl groups is 1. The summed E-state index contributed by atoms with van der Waals surface area (Å²) in [6, 6.07) is 3.89. The number of β-lactam (4-membered cyclic amide) rings is 1. The van der Waals surface area contributed by atoms with E-state index in [2.05, 4.69) is 20.8 Å². The van der Waals surface area contributed by atoms with Crippen molar-refractivity contribution >= 4 is 41.3 Å². The van der Waals surface area contributed by atoms with Crippen LogP contribution in [0.5, 0.6) is 5.75 Å². The highest BCUT2D eigenvalue weighted by molar-refractivity contribution is 8.01. The lowest BCUT2D eigenvalue weighted by Crippen LogP contribution is -2.71. The Bertz CT molecular complexity index is 1100. The molecule has 1 aromatic heterocycles. The number of aromatic nitrogens is 4. The number of carboxylic acids is 1. The van der Waals surface area contributed by atoms with Crippen LogP contribution in [-0.4, -0.2) is 76.1 Å². The highest BCUT2D eigenvalue weighted by Gasteiger charge is 2.54. The number of carboxylic acid groups (broad SMARTS) is 1. The molecule has 0 bridgehead atoms. The van der Waals surface area contributed by atoms with E-state index >= 15 is 0 Å². The molecule has 0 radical (unpaired) electrons. The maximum atomic E-state index is 12.7. The molecule has 13 nitrogen and oxygen atoms in total. The highest BCUT2D eigenvalue weighted by Crippen LogP contribution is 2.41. The van der Waals surface area contributed by atoms with Gasteiger partial charge in [0.15, 0.2) is 0 Å². The van der Waals surface area contributed by atoms with Gasteiger partial charge in [0.25, 0.3) is 5.91 Å². The number of amides is 2. The number of nitrogens with one attached hydrogen (secondary N) is 1. The average molecular weight is 479 g/mol. The second kappa shape index (κ2) is 8.68. The first kappa shape index (κ1) is 21.9. The summed E-state index contributed by atoms with van der Waals surface area (Å²) in [5.41, 5.74) is 6.83. The van der Waals surface area contributed by atoms with E-state index in [1.165, 1.54) is 40.9 Å². The van der Waals surface area contributed by atoms with Gasteiger partial charge in [0, 0.05) is 11.5 Å². The number of nitrogen functional groups attached to an aromatic ring is 1. The lowest BCUT2D eigenvalue weighted by molar-refractivity contribution is -0.150. The minimum Gasteiger partial charge on any atom is -0.508 e. The predicted octanol–water partition coefficient (Wildman–Crippen LogP) is -1.38. The molecule has 3 atom stereocenters. The van der Waals surface area contributed by atoms with Crippen molar-refractivity contribution in [3.05, 3.63) is 41.1 Å². The molecule has 2 aliphatic heterocycles. The zero-order valence-electron chi connectivity index (χ0n) is 16.3. The van der Waals surface area contributed by atoms with Crippen LogP contribution in [0.4, 0.5) is 0 Å². The Hall–Kier alpha value is -3.30. The Morgan fingerprint density at radius 1 is 1.34 bits per heavy atom. The number of carbonyl (C=O) groups is 3. The molecule has 1 saturated heterocycles. The van der Waals surface area contributed by atoms with Gasteiger partial charge in [-0.3, -0.25) is 14.5 Å². The number of hydrogen-bond acceptors (Lipinski definition) is 11. The first-order chi connectivity index (χ1) is 15.3. The van der Waals surface area contributed by atoms with E-state index in [4.69, 9.17) is 11.6 Å². The van der Waals surface area contributed by atoms with E-state index in [0.717, 1.165) is 16.6 Å². The van der Waals surface area contributed by atoms with Crippen LogP contribution in [0.3, 0.4) is 0 Å². The Labute approximate surface area is 189 Å². The van der Waals surface area contributed by atoms with Gasteiger partial charge in [0.05, 0.1) is 0 Å². The molecule has 0 aliphatic carbocycles. The zero-order chi connectivity index (χ0) is 23.0. The van der Waals surface area contributed by atoms with E-state index in [1.807, 2.05) is 0 Å². The van der Waals surface area contributed by atoms with Gasteiger partial charge in [-0.1, -0.05) is 29.0 Å². The number of tetrazole rings is 1. The van der Waals surface area contributed by atoms with Crippen LogP contribution in [0.2, 0.25) is 0 Å². The third kappa shape index (κ3) is 3.96. The van der Waals surface area contributed by atoms with Gasteiger partial charge in [0.1, 0.15) is 28.9 Å². The van der Waals surface area contributed by atoms with Gasteiger partial charge in [-0.15, -0.1) is 16.6 Å². The summed E-state index contributed by atoms with van der Waals surface area (Å²) in [6.45, 7) is 0. The number of aliphatic carboxylic acids is 1. The molecule has 2 aliphatic rings. The minimum atomic E-state index is -1.24. The summed E-state index contributed by atoms with van der Waals surface area (Å²) in [4.78, 5) is 39.4. The summed E-state index contributed by atoms with van der Waals surface area (Å²) in [6.07, 6.45) is 0. The Balaban J connectivity index is 1.45. The largest absolute Gasteiger partial charge is 0.508 e. The van der Waals surface area contributed by atoms with Crippen LogP contribution in [0.15, 0.2) is 40.7 Å². The van der Waals surface area contributed by atoms with Crippen LogP contribution < -0.4 is 16.9 Å². The molecule has 0 spiro atoms. The summed E-state index contributed by atoms with van der Waals surface area (Å²) >= 11 is 2.49. The summed E-state index contributed by atoms with van der Waals surface area (Å²) in [5, 5.41) is 32.1. The molecule has 1 fully saturated rings. The fourth-order valence-electron chi connectivity index (χ4n) is 3.30. The second-order valence-corrected chi connectivity index (χ2v) is 8.96. The van der Waals surface area contributed by atoms with Gasteiger partial charge in [-0.05, 0) is 33.7 Å². The van der Waals surface area contributed by atoms with Crippen molar-refractivity contribution in [1.82, 2.24) is 30.5 Å². The first-order valence-electron chi connectivity index (χ1n) is 9.19. The van der Waals surface area contributed by atoms with Gasteiger partial charge in [-0.2, -0.15) is 0 Å². The summed E-state index contributed by atoms with van der Waals surface area (Å²) < 4.78 is 0. The number of thioether (sulfide) groups is 2. The average Bonchev–Trinajstić information content (AvgIpc) is 3.19. The van der Waals surface area contributed by atoms with E-state index in [0.29, 0.717) is 22.0 Å². The maximum Gasteiger partial charge on any atom is 0.352 e. The quantitative estimate of drug-likeness (QED) is 0.178. The Kier molecular flexibility index (Phi) is 5.94. The van der Waals surface area contributed by atoms with Crippen LogP contribution in [0.1, 0.15) is 11.6 Å². The van der Waals surface area contributed by atoms with Crippen molar-refractivity contribution < 1.29 is 24.6 Å². The molecule has 1 aromatic carbocycles. The van der Waals surface area contributed by atoms with E-state index in [1.54, 1.807) is 0 Å². The molecular formula is C17H18N8O5S2. The van der Waals surface area contributed by atoms with E-state index in [-0.39, 0.29) is 17.2 Å². The monoisotopic (exact) mass is 478 g/mol. The van der Waals surface area contributed by atoms with Crippen LogP contribution >= 0.6 is 23.5 Å². The zero-order valence-corrected chi connectivity index (χ0v) is 17.9.